The molecular weight excluding hydrogens is 150 g/mol. The monoisotopic (exact) mass is 171 g/mol. The van der Waals surface area contributed by atoms with Gasteiger partial charge in [0.1, 0.15) is 0 Å². The molecule has 2 heteroatoms. The van der Waals surface area contributed by atoms with Crippen LogP contribution in [0.4, 0.5) is 0 Å². The first-order valence-electron chi connectivity index (χ1n) is 4.63. The third kappa shape index (κ3) is 2.46. The van der Waals surface area contributed by atoms with Crippen molar-refractivity contribution in [3.63, 3.8) is 0 Å². The Hall–Kier alpha value is -0.0800. The molecule has 1 saturated carbocycles. The molecule has 0 radical (unpaired) electrons. The van der Waals surface area contributed by atoms with E-state index < -0.39 is 5.60 Å². The van der Waals surface area contributed by atoms with Crippen molar-refractivity contribution in [1.82, 2.24) is 0 Å². The van der Waals surface area contributed by atoms with Gasteiger partial charge >= 0.3 is 0 Å². The van der Waals surface area contributed by atoms with Gasteiger partial charge in [0.05, 0.1) is 5.60 Å². The van der Waals surface area contributed by atoms with Crippen molar-refractivity contribution in [2.24, 2.45) is 11.1 Å². The van der Waals surface area contributed by atoms with Crippen LogP contribution in [0.5, 0.6) is 0 Å². The third-order valence-corrected chi connectivity index (χ3v) is 2.53. The fraction of sp³-hybridized carbons (Fsp3) is 1.00. The second-order valence-electron chi connectivity index (χ2n) is 5.85. The van der Waals surface area contributed by atoms with Gasteiger partial charge in [-0.3, -0.25) is 0 Å². The van der Waals surface area contributed by atoms with E-state index in [1.54, 1.807) is 0 Å². The molecule has 1 aliphatic carbocycles. The predicted octanol–water partition coefficient (Wildman–Crippen LogP) is 1.66. The minimum Gasteiger partial charge on any atom is -0.390 e. The molecule has 1 aliphatic rings. The smallest absolute Gasteiger partial charge is 0.0642 e. The van der Waals surface area contributed by atoms with Crippen molar-refractivity contribution >= 4 is 0 Å². The van der Waals surface area contributed by atoms with Crippen LogP contribution in [-0.4, -0.2) is 16.2 Å². The third-order valence-electron chi connectivity index (χ3n) is 2.53. The second kappa shape index (κ2) is 2.46. The Morgan fingerprint density at radius 3 is 1.83 bits per heavy atom. The highest BCUT2D eigenvalue weighted by molar-refractivity contribution is 5.00. The van der Waals surface area contributed by atoms with Crippen LogP contribution in [0.2, 0.25) is 0 Å². The number of nitrogens with two attached hydrogens (primary N) is 1. The summed E-state index contributed by atoms with van der Waals surface area (Å²) < 4.78 is 0. The molecule has 0 aromatic rings. The molecule has 0 amide bonds. The van der Waals surface area contributed by atoms with Gasteiger partial charge in [-0.25, -0.2) is 0 Å². The first-order valence-corrected chi connectivity index (χ1v) is 4.63. The number of aliphatic hydroxyl groups is 1. The molecule has 0 saturated heterocycles. The fourth-order valence-corrected chi connectivity index (χ4v) is 3.18. The van der Waals surface area contributed by atoms with E-state index in [-0.39, 0.29) is 11.0 Å². The molecule has 12 heavy (non-hydrogen) atoms. The molecule has 72 valence electrons. The normalized spacial score (nSPS) is 47.5. The van der Waals surface area contributed by atoms with E-state index in [0.29, 0.717) is 6.42 Å². The quantitative estimate of drug-likeness (QED) is 0.582. The van der Waals surface area contributed by atoms with Crippen LogP contribution in [0.15, 0.2) is 0 Å². The van der Waals surface area contributed by atoms with Gasteiger partial charge in [-0.15, -0.1) is 0 Å². The average molecular weight is 171 g/mol. The highest BCUT2D eigenvalue weighted by Gasteiger charge is 2.44. The molecule has 0 aliphatic heterocycles. The summed E-state index contributed by atoms with van der Waals surface area (Å²) in [4.78, 5) is 0. The molecular formula is C10H21NO. The van der Waals surface area contributed by atoms with Crippen LogP contribution in [0.25, 0.3) is 0 Å². The Morgan fingerprint density at radius 2 is 1.50 bits per heavy atom. The van der Waals surface area contributed by atoms with Crippen LogP contribution in [0.3, 0.4) is 0 Å². The Morgan fingerprint density at radius 1 is 1.00 bits per heavy atom. The molecule has 1 fully saturated rings. The van der Waals surface area contributed by atoms with Crippen molar-refractivity contribution in [2.45, 2.75) is 58.1 Å². The van der Waals surface area contributed by atoms with E-state index in [0.717, 1.165) is 12.8 Å². The predicted molar refractivity (Wildman–Crippen MR) is 50.8 cm³/mol. The summed E-state index contributed by atoms with van der Waals surface area (Å²) >= 11 is 0. The number of hydrogen-bond acceptors (Lipinski definition) is 2. The number of rotatable bonds is 0. The van der Waals surface area contributed by atoms with E-state index in [9.17, 15) is 5.11 Å². The van der Waals surface area contributed by atoms with Gasteiger partial charge in [0.25, 0.3) is 0 Å². The molecule has 2 nitrogen and oxygen atoms in total. The zero-order valence-electron chi connectivity index (χ0n) is 8.65. The van der Waals surface area contributed by atoms with Crippen molar-refractivity contribution < 1.29 is 5.11 Å². The van der Waals surface area contributed by atoms with Gasteiger partial charge in [-0.1, -0.05) is 13.8 Å². The van der Waals surface area contributed by atoms with Crippen molar-refractivity contribution in [3.05, 3.63) is 0 Å². The largest absolute Gasteiger partial charge is 0.390 e. The molecule has 0 aromatic heterocycles. The summed E-state index contributed by atoms with van der Waals surface area (Å²) in [6, 6.07) is 0. The molecule has 3 N–H and O–H groups in total. The summed E-state index contributed by atoms with van der Waals surface area (Å²) in [6.07, 6.45) is 2.56. The van der Waals surface area contributed by atoms with Gasteiger partial charge in [0.15, 0.2) is 0 Å². The minimum absolute atomic E-state index is 0.172. The standard InChI is InChI=1S/C10H21NO/c1-8(2)5-9(3,11)7-10(4,12)6-8/h12H,5-7,11H2,1-4H3. The van der Waals surface area contributed by atoms with E-state index in [2.05, 4.69) is 13.8 Å². The lowest BCUT2D eigenvalue weighted by Crippen LogP contribution is -2.53. The van der Waals surface area contributed by atoms with E-state index >= 15 is 0 Å². The molecule has 2 unspecified atom stereocenters. The van der Waals surface area contributed by atoms with Gasteiger partial charge in [0.2, 0.25) is 0 Å². The van der Waals surface area contributed by atoms with Crippen molar-refractivity contribution in [2.75, 3.05) is 0 Å². The SMILES string of the molecule is CC1(C)CC(C)(N)CC(C)(O)C1. The van der Waals surface area contributed by atoms with Crippen LogP contribution < -0.4 is 5.73 Å². The van der Waals surface area contributed by atoms with Crippen LogP contribution in [-0.2, 0) is 0 Å². The van der Waals surface area contributed by atoms with Crippen LogP contribution in [0.1, 0.15) is 47.0 Å². The second-order valence-corrected chi connectivity index (χ2v) is 5.85. The minimum atomic E-state index is -0.578. The van der Waals surface area contributed by atoms with Gasteiger partial charge in [0, 0.05) is 5.54 Å². The maximum Gasteiger partial charge on any atom is 0.0642 e. The maximum absolute atomic E-state index is 9.97. The lowest BCUT2D eigenvalue weighted by molar-refractivity contribution is -0.0517. The maximum atomic E-state index is 9.97. The van der Waals surface area contributed by atoms with Gasteiger partial charge in [-0.05, 0) is 38.5 Å². The molecule has 0 aromatic carbocycles. The van der Waals surface area contributed by atoms with Crippen LogP contribution >= 0.6 is 0 Å². The van der Waals surface area contributed by atoms with Gasteiger partial charge in [-0.2, -0.15) is 0 Å². The summed E-state index contributed by atoms with van der Waals surface area (Å²) in [5, 5.41) is 9.97. The lowest BCUT2D eigenvalue weighted by atomic mass is 9.63. The van der Waals surface area contributed by atoms with Gasteiger partial charge < -0.3 is 10.8 Å². The molecule has 0 spiro atoms. The van der Waals surface area contributed by atoms with E-state index in [1.165, 1.54) is 0 Å². The first kappa shape index (κ1) is 10.0. The summed E-state index contributed by atoms with van der Waals surface area (Å²) in [5.41, 5.74) is 5.46. The highest BCUT2D eigenvalue weighted by Crippen LogP contribution is 2.44. The fourth-order valence-electron chi connectivity index (χ4n) is 3.18. The molecule has 0 heterocycles. The Balaban J connectivity index is 2.81. The summed E-state index contributed by atoms with van der Waals surface area (Å²) in [5.74, 6) is 0. The highest BCUT2D eigenvalue weighted by atomic mass is 16.3. The summed E-state index contributed by atoms with van der Waals surface area (Å²) in [6.45, 7) is 8.26. The van der Waals surface area contributed by atoms with Crippen molar-refractivity contribution in [3.8, 4) is 0 Å². The molecule has 2 atom stereocenters. The zero-order valence-corrected chi connectivity index (χ0v) is 8.65. The van der Waals surface area contributed by atoms with Crippen molar-refractivity contribution in [1.29, 1.82) is 0 Å². The van der Waals surface area contributed by atoms with Crippen LogP contribution in [0, 0.1) is 5.41 Å². The number of hydrogen-bond donors (Lipinski definition) is 2. The molecule has 1 rings (SSSR count). The van der Waals surface area contributed by atoms with E-state index in [4.69, 9.17) is 5.73 Å². The van der Waals surface area contributed by atoms with E-state index in [1.807, 2.05) is 13.8 Å². The average Bonchev–Trinajstić information content (AvgIpc) is 1.44. The Bertz CT molecular complexity index is 137. The zero-order chi connectivity index (χ0) is 9.62. The topological polar surface area (TPSA) is 46.2 Å². The molecule has 0 bridgehead atoms. The lowest BCUT2D eigenvalue weighted by Gasteiger charge is -2.47. The first-order chi connectivity index (χ1) is 5.12. The Labute approximate surface area is 75.2 Å². The Kier molecular flexibility index (Phi) is 2.05. The summed E-state index contributed by atoms with van der Waals surface area (Å²) in [7, 11) is 0.